The molecule has 1 amide bonds. The molecule has 0 aromatic heterocycles. The van der Waals surface area contributed by atoms with E-state index in [1.165, 1.54) is 24.0 Å². The van der Waals surface area contributed by atoms with Gasteiger partial charge in [-0.3, -0.25) is 4.79 Å². The summed E-state index contributed by atoms with van der Waals surface area (Å²) in [6, 6.07) is 14.0. The molecular formula is C22H26ClNO2. The number of carbonyl (C=O) groups excluding carboxylic acids is 1. The normalized spacial score (nSPS) is 14.4. The lowest BCUT2D eigenvalue weighted by Gasteiger charge is -2.19. The maximum absolute atomic E-state index is 12.3. The van der Waals surface area contributed by atoms with Crippen molar-refractivity contribution in [1.82, 2.24) is 5.32 Å². The molecule has 138 valence electrons. The van der Waals surface area contributed by atoms with Crippen molar-refractivity contribution >= 4 is 17.5 Å². The van der Waals surface area contributed by atoms with Crippen molar-refractivity contribution in [1.29, 1.82) is 0 Å². The van der Waals surface area contributed by atoms with Crippen LogP contribution in [0.25, 0.3) is 0 Å². The zero-order valence-corrected chi connectivity index (χ0v) is 16.0. The molecule has 0 saturated carbocycles. The van der Waals surface area contributed by atoms with Gasteiger partial charge in [0.1, 0.15) is 5.75 Å². The van der Waals surface area contributed by atoms with Crippen LogP contribution in [-0.2, 0) is 24.1 Å². The number of ether oxygens (including phenoxy) is 1. The predicted molar refractivity (Wildman–Crippen MR) is 106 cm³/mol. The topological polar surface area (TPSA) is 38.3 Å². The van der Waals surface area contributed by atoms with Gasteiger partial charge in [0.2, 0.25) is 0 Å². The first kappa shape index (κ1) is 18.8. The summed E-state index contributed by atoms with van der Waals surface area (Å²) >= 11 is 6.15. The second-order valence-electron chi connectivity index (χ2n) is 6.88. The molecule has 2 aromatic carbocycles. The average molecular weight is 372 g/mol. The molecule has 2 aromatic rings. The average Bonchev–Trinajstić information content (AvgIpc) is 2.66. The van der Waals surface area contributed by atoms with Gasteiger partial charge in [0.15, 0.2) is 6.10 Å². The number of hydrogen-bond donors (Lipinski definition) is 1. The molecule has 0 spiro atoms. The quantitative estimate of drug-likeness (QED) is 0.714. The highest BCUT2D eigenvalue weighted by Crippen LogP contribution is 2.25. The minimum absolute atomic E-state index is 0.0816. The number of halogens is 1. The summed E-state index contributed by atoms with van der Waals surface area (Å²) in [6.07, 6.45) is 5.95. The van der Waals surface area contributed by atoms with Crippen LogP contribution in [0.2, 0.25) is 5.02 Å². The molecule has 1 aliphatic carbocycles. The lowest BCUT2D eigenvalue weighted by atomic mass is 9.92. The summed E-state index contributed by atoms with van der Waals surface area (Å²) in [5.41, 5.74) is 3.89. The largest absolute Gasteiger partial charge is 0.481 e. The highest BCUT2D eigenvalue weighted by atomic mass is 35.5. The van der Waals surface area contributed by atoms with E-state index in [1.54, 1.807) is 6.92 Å². The first-order valence-corrected chi connectivity index (χ1v) is 9.81. The zero-order chi connectivity index (χ0) is 18.4. The molecule has 26 heavy (non-hydrogen) atoms. The minimum atomic E-state index is -0.503. The van der Waals surface area contributed by atoms with E-state index >= 15 is 0 Å². The Morgan fingerprint density at radius 3 is 2.73 bits per heavy atom. The Hall–Kier alpha value is -2.00. The molecule has 0 saturated heterocycles. The summed E-state index contributed by atoms with van der Waals surface area (Å²) in [5, 5.41) is 3.73. The van der Waals surface area contributed by atoms with Gasteiger partial charge in [0, 0.05) is 11.6 Å². The van der Waals surface area contributed by atoms with Crippen molar-refractivity contribution in [2.45, 2.75) is 51.6 Å². The minimum Gasteiger partial charge on any atom is -0.481 e. The Kier molecular flexibility index (Phi) is 6.56. The van der Waals surface area contributed by atoms with Crippen molar-refractivity contribution < 1.29 is 9.53 Å². The molecule has 0 unspecified atom stereocenters. The standard InChI is InChI=1S/C22H26ClNO2/c1-16(26-20-13-12-17-7-2-3-9-19(17)15-20)22(25)24-14-6-10-18-8-4-5-11-21(18)23/h4-5,8,11-13,15-16H,2-3,6-7,9-10,14H2,1H3,(H,24,25)/t16-/m1/s1. The van der Waals surface area contributed by atoms with E-state index in [1.807, 2.05) is 30.3 Å². The molecule has 0 fully saturated rings. The Labute approximate surface area is 160 Å². The van der Waals surface area contributed by atoms with Gasteiger partial charge in [-0.15, -0.1) is 0 Å². The van der Waals surface area contributed by atoms with E-state index < -0.39 is 6.10 Å². The van der Waals surface area contributed by atoms with Crippen LogP contribution < -0.4 is 10.1 Å². The fraction of sp³-hybridized carbons (Fsp3) is 0.409. The Bertz CT molecular complexity index is 760. The number of rotatable bonds is 7. The van der Waals surface area contributed by atoms with Gasteiger partial charge < -0.3 is 10.1 Å². The number of nitrogens with one attached hydrogen (secondary N) is 1. The number of benzene rings is 2. The van der Waals surface area contributed by atoms with E-state index in [9.17, 15) is 4.79 Å². The van der Waals surface area contributed by atoms with Crippen LogP contribution in [-0.4, -0.2) is 18.6 Å². The monoisotopic (exact) mass is 371 g/mol. The SMILES string of the molecule is C[C@@H](Oc1ccc2c(c1)CCCC2)C(=O)NCCCc1ccccc1Cl. The highest BCUT2D eigenvalue weighted by Gasteiger charge is 2.16. The molecule has 3 rings (SSSR count). The van der Waals surface area contributed by atoms with E-state index in [0.717, 1.165) is 42.0 Å². The molecule has 3 nitrogen and oxygen atoms in total. The smallest absolute Gasteiger partial charge is 0.260 e. The zero-order valence-electron chi connectivity index (χ0n) is 15.3. The summed E-state index contributed by atoms with van der Waals surface area (Å²) in [5.74, 6) is 0.700. The molecule has 0 radical (unpaired) electrons. The fourth-order valence-corrected chi connectivity index (χ4v) is 3.61. The van der Waals surface area contributed by atoms with Crippen molar-refractivity contribution in [2.24, 2.45) is 0 Å². The van der Waals surface area contributed by atoms with Gasteiger partial charge in [-0.2, -0.15) is 0 Å². The second kappa shape index (κ2) is 9.09. The molecule has 1 atom stereocenters. The van der Waals surface area contributed by atoms with Crippen LogP contribution in [0.1, 0.15) is 42.9 Å². The van der Waals surface area contributed by atoms with E-state index in [-0.39, 0.29) is 5.91 Å². The maximum Gasteiger partial charge on any atom is 0.260 e. The first-order chi connectivity index (χ1) is 12.6. The van der Waals surface area contributed by atoms with Gasteiger partial charge >= 0.3 is 0 Å². The van der Waals surface area contributed by atoms with Gasteiger partial charge in [0.05, 0.1) is 0 Å². The Morgan fingerprint density at radius 1 is 1.15 bits per heavy atom. The summed E-state index contributed by atoms with van der Waals surface area (Å²) < 4.78 is 5.84. The van der Waals surface area contributed by atoms with Crippen molar-refractivity contribution in [3.63, 3.8) is 0 Å². The number of amides is 1. The third-order valence-electron chi connectivity index (χ3n) is 4.88. The van der Waals surface area contributed by atoms with Crippen molar-refractivity contribution in [2.75, 3.05) is 6.54 Å². The van der Waals surface area contributed by atoms with Crippen LogP contribution in [0.3, 0.4) is 0 Å². The number of fused-ring (bicyclic) bond motifs is 1. The van der Waals surface area contributed by atoms with Crippen LogP contribution in [0.15, 0.2) is 42.5 Å². The summed E-state index contributed by atoms with van der Waals surface area (Å²) in [7, 11) is 0. The van der Waals surface area contributed by atoms with Crippen LogP contribution in [0, 0.1) is 0 Å². The highest BCUT2D eigenvalue weighted by molar-refractivity contribution is 6.31. The second-order valence-corrected chi connectivity index (χ2v) is 7.29. The van der Waals surface area contributed by atoms with Crippen molar-refractivity contribution in [3.8, 4) is 5.75 Å². The number of hydrogen-bond acceptors (Lipinski definition) is 2. The Morgan fingerprint density at radius 2 is 1.92 bits per heavy atom. The van der Waals surface area contributed by atoms with Gasteiger partial charge in [-0.1, -0.05) is 35.9 Å². The molecule has 1 N–H and O–H groups in total. The van der Waals surface area contributed by atoms with Gasteiger partial charge in [-0.25, -0.2) is 0 Å². The molecule has 1 aliphatic rings. The Balaban J connectivity index is 1.44. The van der Waals surface area contributed by atoms with E-state index in [2.05, 4.69) is 17.4 Å². The van der Waals surface area contributed by atoms with Crippen LogP contribution in [0.5, 0.6) is 5.75 Å². The molecule has 0 aliphatic heterocycles. The lowest BCUT2D eigenvalue weighted by Crippen LogP contribution is -2.37. The molecular weight excluding hydrogens is 346 g/mol. The number of carbonyl (C=O) groups is 1. The van der Waals surface area contributed by atoms with Crippen LogP contribution >= 0.6 is 11.6 Å². The molecule has 0 bridgehead atoms. The summed E-state index contributed by atoms with van der Waals surface area (Å²) in [4.78, 5) is 12.3. The van der Waals surface area contributed by atoms with E-state index in [0.29, 0.717) is 6.54 Å². The third kappa shape index (κ3) is 5.01. The maximum atomic E-state index is 12.3. The van der Waals surface area contributed by atoms with E-state index in [4.69, 9.17) is 16.3 Å². The number of aryl methyl sites for hydroxylation is 3. The van der Waals surface area contributed by atoms with Crippen molar-refractivity contribution in [3.05, 3.63) is 64.2 Å². The predicted octanol–water partition coefficient (Wildman–Crippen LogP) is 4.74. The van der Waals surface area contributed by atoms with Crippen LogP contribution in [0.4, 0.5) is 0 Å². The first-order valence-electron chi connectivity index (χ1n) is 9.43. The third-order valence-corrected chi connectivity index (χ3v) is 5.25. The fourth-order valence-electron chi connectivity index (χ4n) is 3.38. The summed E-state index contributed by atoms with van der Waals surface area (Å²) in [6.45, 7) is 2.41. The van der Waals surface area contributed by atoms with Gasteiger partial charge in [0.25, 0.3) is 5.91 Å². The molecule has 4 heteroatoms. The molecule has 0 heterocycles. The lowest BCUT2D eigenvalue weighted by molar-refractivity contribution is -0.127. The van der Waals surface area contributed by atoms with Gasteiger partial charge in [-0.05, 0) is 80.3 Å².